The maximum absolute atomic E-state index is 13.4. The van der Waals surface area contributed by atoms with Crippen molar-refractivity contribution in [3.05, 3.63) is 59.4 Å². The van der Waals surface area contributed by atoms with E-state index in [9.17, 15) is 15.0 Å². The Bertz CT molecular complexity index is 1410. The van der Waals surface area contributed by atoms with Crippen molar-refractivity contribution in [1.29, 1.82) is 0 Å². The number of phenols is 1. The molecule has 186 valence electrons. The highest BCUT2D eigenvalue weighted by Crippen LogP contribution is 2.65. The highest BCUT2D eigenvalue weighted by Gasteiger charge is 2.73. The molecule has 5 aliphatic rings. The van der Waals surface area contributed by atoms with E-state index in [2.05, 4.69) is 10.2 Å². The molecule has 2 saturated carbocycles. The predicted octanol–water partition coefficient (Wildman–Crippen LogP) is 3.50. The van der Waals surface area contributed by atoms with Gasteiger partial charge in [0.05, 0.1) is 23.3 Å². The maximum Gasteiger partial charge on any atom is 0.251 e. The fraction of sp³-hybridized carbons (Fsp3) is 0.483. The molecule has 7 heteroatoms. The molecular formula is C29H30N2O5. The first-order valence-corrected chi connectivity index (χ1v) is 13.2. The highest BCUT2D eigenvalue weighted by molar-refractivity contribution is 5.98. The number of hydrogen-bond acceptors (Lipinski definition) is 6. The molecule has 1 aromatic heterocycles. The minimum Gasteiger partial charge on any atom is -0.504 e. The van der Waals surface area contributed by atoms with Gasteiger partial charge >= 0.3 is 0 Å². The number of benzene rings is 2. The van der Waals surface area contributed by atoms with Gasteiger partial charge in [0.25, 0.3) is 5.91 Å². The Balaban J connectivity index is 1.18. The Kier molecular flexibility index (Phi) is 4.13. The van der Waals surface area contributed by atoms with Crippen molar-refractivity contribution in [3.8, 4) is 11.5 Å². The number of piperidine rings is 1. The molecule has 5 atom stereocenters. The van der Waals surface area contributed by atoms with Crippen LogP contribution < -0.4 is 10.1 Å². The van der Waals surface area contributed by atoms with Crippen molar-refractivity contribution >= 4 is 16.9 Å². The van der Waals surface area contributed by atoms with Crippen LogP contribution in [0.1, 0.15) is 53.6 Å². The summed E-state index contributed by atoms with van der Waals surface area (Å²) in [7, 11) is 0. The normalized spacial score (nSPS) is 34.3. The number of hydrogen-bond donors (Lipinski definition) is 3. The van der Waals surface area contributed by atoms with Gasteiger partial charge in [0.2, 0.25) is 0 Å². The van der Waals surface area contributed by atoms with Crippen LogP contribution in [0.3, 0.4) is 0 Å². The zero-order chi connectivity index (χ0) is 24.2. The first-order valence-electron chi connectivity index (χ1n) is 13.2. The van der Waals surface area contributed by atoms with Gasteiger partial charge in [0, 0.05) is 29.1 Å². The highest BCUT2D eigenvalue weighted by atomic mass is 16.5. The van der Waals surface area contributed by atoms with Gasteiger partial charge in [-0.25, -0.2) is 0 Å². The lowest BCUT2D eigenvalue weighted by atomic mass is 9.48. The van der Waals surface area contributed by atoms with Crippen molar-refractivity contribution in [1.82, 2.24) is 10.2 Å². The molecule has 1 spiro atoms. The number of amides is 1. The van der Waals surface area contributed by atoms with Crippen molar-refractivity contribution < 1.29 is 24.2 Å². The summed E-state index contributed by atoms with van der Waals surface area (Å²) in [5.74, 6) is 1.21. The Morgan fingerprint density at radius 1 is 1.14 bits per heavy atom. The molecule has 1 saturated heterocycles. The molecule has 3 heterocycles. The molecule has 2 bridgehead atoms. The van der Waals surface area contributed by atoms with Crippen molar-refractivity contribution in [2.24, 2.45) is 5.92 Å². The maximum atomic E-state index is 13.4. The van der Waals surface area contributed by atoms with Crippen LogP contribution >= 0.6 is 0 Å². The summed E-state index contributed by atoms with van der Waals surface area (Å²) in [6, 6.07) is 10.8. The largest absolute Gasteiger partial charge is 0.504 e. The second-order valence-corrected chi connectivity index (χ2v) is 11.6. The van der Waals surface area contributed by atoms with E-state index < -0.39 is 17.1 Å². The van der Waals surface area contributed by atoms with E-state index >= 15 is 0 Å². The van der Waals surface area contributed by atoms with Gasteiger partial charge in [0.15, 0.2) is 11.5 Å². The third-order valence-electron chi connectivity index (χ3n) is 9.79. The number of nitrogens with zero attached hydrogens (tertiary/aromatic N) is 1. The fourth-order valence-electron chi connectivity index (χ4n) is 7.99. The summed E-state index contributed by atoms with van der Waals surface area (Å²) < 4.78 is 12.0. The second kappa shape index (κ2) is 7.05. The number of phenolic OH excluding ortho intramolecular Hbond substituents is 1. The quantitative estimate of drug-likeness (QED) is 0.523. The number of aromatic hydroxyl groups is 1. The van der Waals surface area contributed by atoms with Gasteiger partial charge in [-0.15, -0.1) is 0 Å². The zero-order valence-corrected chi connectivity index (χ0v) is 20.1. The second-order valence-electron chi connectivity index (χ2n) is 11.6. The van der Waals surface area contributed by atoms with Crippen LogP contribution in [0.4, 0.5) is 0 Å². The Morgan fingerprint density at radius 3 is 2.89 bits per heavy atom. The van der Waals surface area contributed by atoms with E-state index in [0.29, 0.717) is 24.2 Å². The average molecular weight is 487 g/mol. The Morgan fingerprint density at radius 2 is 2.03 bits per heavy atom. The predicted molar refractivity (Wildman–Crippen MR) is 132 cm³/mol. The summed E-state index contributed by atoms with van der Waals surface area (Å²) in [6.45, 7) is 1.95. The number of ether oxygens (including phenoxy) is 1. The number of nitrogens with one attached hydrogen (secondary N) is 1. The number of furan rings is 1. The van der Waals surface area contributed by atoms with Gasteiger partial charge in [-0.05, 0) is 86.9 Å². The molecule has 3 fully saturated rings. The molecule has 7 nitrogen and oxygen atoms in total. The minimum absolute atomic E-state index is 0.0288. The van der Waals surface area contributed by atoms with Gasteiger partial charge in [-0.2, -0.15) is 0 Å². The molecule has 0 radical (unpaired) electrons. The van der Waals surface area contributed by atoms with E-state index in [0.717, 1.165) is 53.9 Å². The van der Waals surface area contributed by atoms with E-state index in [1.807, 2.05) is 24.3 Å². The van der Waals surface area contributed by atoms with E-state index in [-0.39, 0.29) is 23.7 Å². The molecule has 2 aromatic carbocycles. The van der Waals surface area contributed by atoms with Gasteiger partial charge in [-0.1, -0.05) is 6.07 Å². The Hall–Kier alpha value is -3.03. The van der Waals surface area contributed by atoms with Crippen LogP contribution in [0.25, 0.3) is 11.0 Å². The first kappa shape index (κ1) is 21.1. The summed E-state index contributed by atoms with van der Waals surface area (Å²) in [5, 5.41) is 27.5. The lowest BCUT2D eigenvalue weighted by molar-refractivity contribution is -0.191. The van der Waals surface area contributed by atoms with Crippen molar-refractivity contribution in [3.63, 3.8) is 0 Å². The lowest BCUT2D eigenvalue weighted by Gasteiger charge is -2.64. The molecule has 0 unspecified atom stereocenters. The third-order valence-corrected chi connectivity index (χ3v) is 9.79. The van der Waals surface area contributed by atoms with Crippen LogP contribution in [-0.4, -0.2) is 57.9 Å². The zero-order valence-electron chi connectivity index (χ0n) is 20.1. The van der Waals surface area contributed by atoms with Crippen LogP contribution in [0.15, 0.2) is 47.1 Å². The van der Waals surface area contributed by atoms with Crippen molar-refractivity contribution in [2.75, 3.05) is 13.1 Å². The van der Waals surface area contributed by atoms with Crippen LogP contribution in [0.2, 0.25) is 0 Å². The number of carbonyl (C=O) groups is 1. The molecule has 3 aromatic rings. The summed E-state index contributed by atoms with van der Waals surface area (Å²) in [4.78, 5) is 15.9. The first-order chi connectivity index (χ1) is 17.5. The molecule has 8 rings (SSSR count). The molecule has 1 amide bonds. The van der Waals surface area contributed by atoms with Crippen molar-refractivity contribution in [2.45, 2.75) is 67.7 Å². The van der Waals surface area contributed by atoms with Crippen LogP contribution in [0.5, 0.6) is 11.5 Å². The fourth-order valence-corrected chi connectivity index (χ4v) is 7.99. The summed E-state index contributed by atoms with van der Waals surface area (Å²) in [5.41, 5.74) is 1.88. The number of carbonyl (C=O) groups excluding carboxylic acids is 1. The average Bonchev–Trinajstić information content (AvgIpc) is 3.42. The number of rotatable bonds is 4. The third kappa shape index (κ3) is 2.62. The summed E-state index contributed by atoms with van der Waals surface area (Å²) in [6.07, 6.45) is 6.51. The number of likely N-dealkylation sites (tertiary alicyclic amines) is 1. The minimum atomic E-state index is -0.951. The van der Waals surface area contributed by atoms with Crippen LogP contribution in [-0.2, 0) is 11.8 Å². The van der Waals surface area contributed by atoms with Gasteiger partial charge < -0.3 is 24.7 Å². The number of fused-ring (bicyclic) bond motifs is 1. The van der Waals surface area contributed by atoms with E-state index in [4.69, 9.17) is 9.15 Å². The topological polar surface area (TPSA) is 95.2 Å². The standard InChI is InChI=1S/C29H30N2O5/c32-21-5-3-18-14-23-29(34)9-7-20(30-27(33)19-4-6-22-17(13-19)8-12-35-22)26-28(29,24(18)25(21)36-26)10-11-31(23)15-16-1-2-16/h3-6,8,12-13,16,20,23,26,32,34H,1-2,7,9-11,14-15H2,(H,30,33)/t20-,23-,26+,28+,29-/m1/s1. The van der Waals surface area contributed by atoms with E-state index in [1.54, 1.807) is 18.4 Å². The Labute approximate surface area is 209 Å². The van der Waals surface area contributed by atoms with Gasteiger partial charge in [-0.3, -0.25) is 9.69 Å². The number of aliphatic hydroxyl groups is 1. The summed E-state index contributed by atoms with van der Waals surface area (Å²) >= 11 is 0. The smallest absolute Gasteiger partial charge is 0.251 e. The monoisotopic (exact) mass is 486 g/mol. The van der Waals surface area contributed by atoms with Gasteiger partial charge in [0.1, 0.15) is 11.7 Å². The molecule has 2 aliphatic heterocycles. The molecular weight excluding hydrogens is 456 g/mol. The SMILES string of the molecule is O=C(N[C@@H]1CC[C@@]2(O)[C@H]3Cc4ccc(O)c5c4[C@@]2(CCN3CC2CC2)[C@H]1O5)c1ccc2occc2c1. The molecule has 3 N–H and O–H groups in total. The lowest BCUT2D eigenvalue weighted by Crippen LogP contribution is -2.78. The van der Waals surface area contributed by atoms with E-state index in [1.165, 1.54) is 12.8 Å². The molecule has 36 heavy (non-hydrogen) atoms. The molecule has 3 aliphatic carbocycles. The van der Waals surface area contributed by atoms with Crippen LogP contribution in [0, 0.1) is 5.92 Å².